The number of nitrogens with one attached hydrogen (secondary N) is 1. The molecule has 0 aromatic heterocycles. The first-order valence-electron chi connectivity index (χ1n) is 5.75. The molecule has 0 saturated carbocycles. The van der Waals surface area contributed by atoms with Gasteiger partial charge in [0.1, 0.15) is 0 Å². The normalized spacial score (nSPS) is 28.9. The van der Waals surface area contributed by atoms with E-state index in [1.165, 1.54) is 38.5 Å². The summed E-state index contributed by atoms with van der Waals surface area (Å²) in [5.74, 6) is 0. The summed E-state index contributed by atoms with van der Waals surface area (Å²) in [7, 11) is 0. The van der Waals surface area contributed by atoms with E-state index in [9.17, 15) is 0 Å². The highest BCUT2D eigenvalue weighted by Gasteiger charge is 2.08. The quantitative estimate of drug-likeness (QED) is 0.659. The molecular weight excluding hydrogens is 158 g/mol. The van der Waals surface area contributed by atoms with Gasteiger partial charge in [0.05, 0.1) is 0 Å². The summed E-state index contributed by atoms with van der Waals surface area (Å²) in [4.78, 5) is 0. The molecule has 0 bridgehead atoms. The van der Waals surface area contributed by atoms with E-state index in [1.54, 1.807) is 0 Å². The Balaban J connectivity index is 2.32. The predicted molar refractivity (Wildman–Crippen MR) is 58.9 cm³/mol. The van der Waals surface area contributed by atoms with Crippen molar-refractivity contribution in [2.24, 2.45) is 0 Å². The largest absolute Gasteiger partial charge is 0.308 e. The van der Waals surface area contributed by atoms with Crippen molar-refractivity contribution in [3.63, 3.8) is 0 Å². The minimum atomic E-state index is 0.634. The van der Waals surface area contributed by atoms with Crippen molar-refractivity contribution < 1.29 is 0 Å². The maximum absolute atomic E-state index is 3.65. The number of rotatable bonds is 3. The molecule has 76 valence electrons. The summed E-state index contributed by atoms with van der Waals surface area (Å²) in [6, 6.07) is 1.30. The molecule has 13 heavy (non-hydrogen) atoms. The third-order valence-electron chi connectivity index (χ3n) is 2.87. The van der Waals surface area contributed by atoms with E-state index < -0.39 is 0 Å². The van der Waals surface area contributed by atoms with Crippen molar-refractivity contribution in [1.82, 2.24) is 5.32 Å². The molecule has 0 spiro atoms. The zero-order chi connectivity index (χ0) is 9.52. The Morgan fingerprint density at radius 1 is 1.38 bits per heavy atom. The molecule has 1 nitrogen and oxygen atoms in total. The standard InChI is InChI=1S/C12H23N/c1-3-11(2)13-12-9-7-5-4-6-8-10-12/h7,9,11-13H,3-6,8,10H2,1-2H3/b9-7-. The lowest BCUT2D eigenvalue weighted by Crippen LogP contribution is -2.34. The zero-order valence-electron chi connectivity index (χ0n) is 9.05. The van der Waals surface area contributed by atoms with Crippen molar-refractivity contribution in [2.75, 3.05) is 0 Å². The number of hydrogen-bond donors (Lipinski definition) is 1. The molecule has 0 radical (unpaired) electrons. The van der Waals surface area contributed by atoms with Crippen LogP contribution in [0.1, 0.15) is 52.4 Å². The van der Waals surface area contributed by atoms with Crippen molar-refractivity contribution in [3.05, 3.63) is 12.2 Å². The van der Waals surface area contributed by atoms with Crippen LogP contribution in [0.3, 0.4) is 0 Å². The first-order valence-corrected chi connectivity index (χ1v) is 5.75. The predicted octanol–water partition coefficient (Wildman–Crippen LogP) is 3.26. The second kappa shape index (κ2) is 6.20. The molecule has 2 unspecified atom stereocenters. The Morgan fingerprint density at radius 3 is 3.00 bits per heavy atom. The van der Waals surface area contributed by atoms with Crippen LogP contribution in [0.5, 0.6) is 0 Å². The van der Waals surface area contributed by atoms with Gasteiger partial charge in [0, 0.05) is 12.1 Å². The molecule has 1 aliphatic rings. The highest BCUT2D eigenvalue weighted by molar-refractivity contribution is 4.95. The van der Waals surface area contributed by atoms with Crippen molar-refractivity contribution in [3.8, 4) is 0 Å². The van der Waals surface area contributed by atoms with Crippen LogP contribution in [-0.4, -0.2) is 12.1 Å². The molecule has 0 aliphatic heterocycles. The molecule has 0 fully saturated rings. The monoisotopic (exact) mass is 181 g/mol. The first kappa shape index (κ1) is 10.8. The lowest BCUT2D eigenvalue weighted by Gasteiger charge is -2.21. The number of allylic oxidation sites excluding steroid dienone is 1. The molecular formula is C12H23N. The second-order valence-electron chi connectivity index (χ2n) is 4.15. The molecule has 0 aromatic carbocycles. The minimum Gasteiger partial charge on any atom is -0.308 e. The van der Waals surface area contributed by atoms with Gasteiger partial charge in [0.15, 0.2) is 0 Å². The summed E-state index contributed by atoms with van der Waals surface area (Å²) in [5.41, 5.74) is 0. The van der Waals surface area contributed by atoms with Gasteiger partial charge in [-0.05, 0) is 32.6 Å². The summed E-state index contributed by atoms with van der Waals surface area (Å²) in [6.07, 6.45) is 12.7. The Hall–Kier alpha value is -0.300. The highest BCUT2D eigenvalue weighted by atomic mass is 14.9. The molecule has 0 saturated heterocycles. The second-order valence-corrected chi connectivity index (χ2v) is 4.15. The smallest absolute Gasteiger partial charge is 0.0252 e. The van der Waals surface area contributed by atoms with Gasteiger partial charge >= 0.3 is 0 Å². The van der Waals surface area contributed by atoms with E-state index in [0.29, 0.717) is 12.1 Å². The van der Waals surface area contributed by atoms with Crippen LogP contribution in [-0.2, 0) is 0 Å². The van der Waals surface area contributed by atoms with Gasteiger partial charge in [-0.15, -0.1) is 0 Å². The molecule has 1 aliphatic carbocycles. The molecule has 0 aromatic rings. The fraction of sp³-hybridized carbons (Fsp3) is 0.833. The first-order chi connectivity index (χ1) is 6.33. The Labute approximate surface area is 82.6 Å². The van der Waals surface area contributed by atoms with Crippen LogP contribution in [0.25, 0.3) is 0 Å². The van der Waals surface area contributed by atoms with Crippen molar-refractivity contribution >= 4 is 0 Å². The summed E-state index contributed by atoms with van der Waals surface area (Å²) < 4.78 is 0. The van der Waals surface area contributed by atoms with Gasteiger partial charge < -0.3 is 5.32 Å². The summed E-state index contributed by atoms with van der Waals surface area (Å²) in [6.45, 7) is 4.51. The molecule has 2 atom stereocenters. The van der Waals surface area contributed by atoms with Crippen LogP contribution in [0.2, 0.25) is 0 Å². The maximum Gasteiger partial charge on any atom is 0.0252 e. The van der Waals surface area contributed by atoms with E-state index in [-0.39, 0.29) is 0 Å². The molecule has 0 amide bonds. The SMILES string of the molecule is CCC(C)NC1/C=C\CCCCC1. The van der Waals surface area contributed by atoms with Crippen LogP contribution in [0.4, 0.5) is 0 Å². The lowest BCUT2D eigenvalue weighted by molar-refractivity contribution is 0.445. The Morgan fingerprint density at radius 2 is 2.23 bits per heavy atom. The van der Waals surface area contributed by atoms with Gasteiger partial charge in [-0.2, -0.15) is 0 Å². The Kier molecular flexibility index (Phi) is 5.14. The van der Waals surface area contributed by atoms with E-state index in [4.69, 9.17) is 0 Å². The summed E-state index contributed by atoms with van der Waals surface area (Å²) in [5, 5.41) is 3.65. The lowest BCUT2D eigenvalue weighted by atomic mass is 10.0. The Bertz CT molecular complexity index is 151. The average Bonchev–Trinajstić information content (AvgIpc) is 2.09. The third kappa shape index (κ3) is 4.47. The van der Waals surface area contributed by atoms with E-state index in [0.717, 1.165) is 0 Å². The fourth-order valence-corrected chi connectivity index (χ4v) is 1.78. The summed E-state index contributed by atoms with van der Waals surface area (Å²) >= 11 is 0. The van der Waals surface area contributed by atoms with Gasteiger partial charge in [0.25, 0.3) is 0 Å². The van der Waals surface area contributed by atoms with Crippen LogP contribution in [0, 0.1) is 0 Å². The number of hydrogen-bond acceptors (Lipinski definition) is 1. The van der Waals surface area contributed by atoms with Crippen LogP contribution < -0.4 is 5.32 Å². The van der Waals surface area contributed by atoms with Gasteiger partial charge in [-0.25, -0.2) is 0 Å². The topological polar surface area (TPSA) is 12.0 Å². The average molecular weight is 181 g/mol. The highest BCUT2D eigenvalue weighted by Crippen LogP contribution is 2.12. The van der Waals surface area contributed by atoms with Crippen LogP contribution >= 0.6 is 0 Å². The van der Waals surface area contributed by atoms with E-state index >= 15 is 0 Å². The molecule has 1 N–H and O–H groups in total. The van der Waals surface area contributed by atoms with Crippen molar-refractivity contribution in [2.45, 2.75) is 64.5 Å². The zero-order valence-corrected chi connectivity index (χ0v) is 9.05. The maximum atomic E-state index is 3.65. The van der Waals surface area contributed by atoms with Gasteiger partial charge in [-0.3, -0.25) is 0 Å². The van der Waals surface area contributed by atoms with Gasteiger partial charge in [-0.1, -0.05) is 31.9 Å². The third-order valence-corrected chi connectivity index (χ3v) is 2.87. The van der Waals surface area contributed by atoms with Crippen molar-refractivity contribution in [1.29, 1.82) is 0 Å². The molecule has 1 heteroatoms. The van der Waals surface area contributed by atoms with E-state index in [1.807, 2.05) is 0 Å². The van der Waals surface area contributed by atoms with Gasteiger partial charge in [0.2, 0.25) is 0 Å². The fourth-order valence-electron chi connectivity index (χ4n) is 1.78. The molecule has 1 rings (SSSR count). The van der Waals surface area contributed by atoms with E-state index in [2.05, 4.69) is 31.3 Å². The molecule has 0 heterocycles. The van der Waals surface area contributed by atoms with Crippen LogP contribution in [0.15, 0.2) is 12.2 Å². The minimum absolute atomic E-state index is 0.634.